The van der Waals surface area contributed by atoms with E-state index in [-0.39, 0.29) is 5.91 Å². The Morgan fingerprint density at radius 3 is 2.77 bits per heavy atom. The first kappa shape index (κ1) is 15.8. The van der Waals surface area contributed by atoms with E-state index < -0.39 is 0 Å². The lowest BCUT2D eigenvalue weighted by Gasteiger charge is -2.03. The second-order valence-corrected chi connectivity index (χ2v) is 4.81. The normalized spacial score (nSPS) is 10.4. The number of nitrogens with zero attached hydrogens (tertiary/aromatic N) is 1. The van der Waals surface area contributed by atoms with Crippen LogP contribution in [0.15, 0.2) is 66.3 Å². The third-order valence-corrected chi connectivity index (χ3v) is 2.96. The Morgan fingerprint density at radius 1 is 1.27 bits per heavy atom. The number of benzene rings is 2. The zero-order valence-corrected chi connectivity index (χ0v) is 12.6. The minimum absolute atomic E-state index is 0.299. The summed E-state index contributed by atoms with van der Waals surface area (Å²) >= 11 is 5.77. The molecule has 0 aliphatic heterocycles. The number of ether oxygens (including phenoxy) is 1. The van der Waals surface area contributed by atoms with E-state index in [1.165, 1.54) is 0 Å². The highest BCUT2D eigenvalue weighted by Crippen LogP contribution is 2.12. The van der Waals surface area contributed by atoms with Gasteiger partial charge in [-0.1, -0.05) is 36.4 Å². The van der Waals surface area contributed by atoms with Gasteiger partial charge in [0.2, 0.25) is 0 Å². The molecule has 0 spiro atoms. The SMILES string of the molecule is C=CCOc1cccc(/C=N/NC(=O)c2ccc(Cl)cc2)c1. The second kappa shape index (κ2) is 8.00. The van der Waals surface area contributed by atoms with E-state index in [0.29, 0.717) is 22.9 Å². The van der Waals surface area contributed by atoms with Crippen molar-refractivity contribution in [3.05, 3.63) is 77.3 Å². The topological polar surface area (TPSA) is 50.7 Å². The molecule has 0 fully saturated rings. The van der Waals surface area contributed by atoms with Crippen molar-refractivity contribution in [2.24, 2.45) is 5.10 Å². The van der Waals surface area contributed by atoms with Crippen molar-refractivity contribution in [2.75, 3.05) is 6.61 Å². The number of carbonyl (C=O) groups excluding carboxylic acids is 1. The van der Waals surface area contributed by atoms with Gasteiger partial charge in [-0.15, -0.1) is 0 Å². The Kier molecular flexibility index (Phi) is 5.74. The van der Waals surface area contributed by atoms with Crippen LogP contribution in [0.3, 0.4) is 0 Å². The summed E-state index contributed by atoms with van der Waals surface area (Å²) in [5, 5.41) is 4.51. The zero-order valence-electron chi connectivity index (χ0n) is 11.8. The maximum atomic E-state index is 11.9. The third kappa shape index (κ3) is 4.75. The number of hydrogen-bond donors (Lipinski definition) is 1. The van der Waals surface area contributed by atoms with Crippen molar-refractivity contribution in [1.29, 1.82) is 0 Å². The molecule has 0 bridgehead atoms. The lowest BCUT2D eigenvalue weighted by Crippen LogP contribution is -2.17. The Hall–Kier alpha value is -2.59. The summed E-state index contributed by atoms with van der Waals surface area (Å²) in [6.07, 6.45) is 3.22. The molecule has 1 amide bonds. The standard InChI is InChI=1S/C17H15ClN2O2/c1-2-10-22-16-5-3-4-13(11-16)12-19-20-17(21)14-6-8-15(18)9-7-14/h2-9,11-12H,1,10H2,(H,20,21)/b19-12+. The minimum Gasteiger partial charge on any atom is -0.490 e. The number of rotatable bonds is 6. The summed E-state index contributed by atoms with van der Waals surface area (Å²) in [6, 6.07) is 13.9. The fourth-order valence-electron chi connectivity index (χ4n) is 1.67. The molecule has 0 heterocycles. The number of carbonyl (C=O) groups is 1. The lowest BCUT2D eigenvalue weighted by atomic mass is 10.2. The highest BCUT2D eigenvalue weighted by atomic mass is 35.5. The van der Waals surface area contributed by atoms with Crippen molar-refractivity contribution < 1.29 is 9.53 Å². The summed E-state index contributed by atoms with van der Waals surface area (Å²) in [7, 11) is 0. The average Bonchev–Trinajstić information content (AvgIpc) is 2.54. The van der Waals surface area contributed by atoms with Gasteiger partial charge in [0.05, 0.1) is 6.21 Å². The van der Waals surface area contributed by atoms with Gasteiger partial charge >= 0.3 is 0 Å². The number of amides is 1. The first-order valence-electron chi connectivity index (χ1n) is 6.62. The molecule has 4 nitrogen and oxygen atoms in total. The first-order chi connectivity index (χ1) is 10.7. The summed E-state index contributed by atoms with van der Waals surface area (Å²) in [5.74, 6) is 0.417. The van der Waals surface area contributed by atoms with Gasteiger partial charge in [-0.3, -0.25) is 4.79 Å². The molecule has 0 aliphatic rings. The Morgan fingerprint density at radius 2 is 2.05 bits per heavy atom. The molecule has 2 rings (SSSR count). The summed E-state index contributed by atoms with van der Waals surface area (Å²) in [6.45, 7) is 4.03. The van der Waals surface area contributed by atoms with E-state index in [1.54, 1.807) is 36.6 Å². The monoisotopic (exact) mass is 314 g/mol. The van der Waals surface area contributed by atoms with E-state index >= 15 is 0 Å². The lowest BCUT2D eigenvalue weighted by molar-refractivity contribution is 0.0955. The molecular formula is C17H15ClN2O2. The molecule has 1 N–H and O–H groups in total. The molecule has 0 unspecified atom stereocenters. The van der Waals surface area contributed by atoms with E-state index in [9.17, 15) is 4.79 Å². The Labute approximate surface area is 134 Å². The van der Waals surface area contributed by atoms with E-state index in [1.807, 2.05) is 24.3 Å². The molecule has 0 saturated carbocycles. The summed E-state index contributed by atoms with van der Waals surface area (Å²) < 4.78 is 5.42. The van der Waals surface area contributed by atoms with Crippen molar-refractivity contribution >= 4 is 23.7 Å². The fourth-order valence-corrected chi connectivity index (χ4v) is 1.80. The molecule has 0 radical (unpaired) electrons. The Balaban J connectivity index is 1.95. The summed E-state index contributed by atoms with van der Waals surface area (Å²) in [5.41, 5.74) is 3.77. The van der Waals surface area contributed by atoms with Crippen LogP contribution in [0.5, 0.6) is 5.75 Å². The van der Waals surface area contributed by atoms with Crippen LogP contribution in [0.2, 0.25) is 5.02 Å². The molecular weight excluding hydrogens is 300 g/mol. The molecule has 112 valence electrons. The van der Waals surface area contributed by atoms with Crippen LogP contribution in [-0.2, 0) is 0 Å². The molecule has 0 atom stereocenters. The number of hydrogen-bond acceptors (Lipinski definition) is 3. The number of hydrazone groups is 1. The maximum Gasteiger partial charge on any atom is 0.271 e. The van der Waals surface area contributed by atoms with E-state index in [2.05, 4.69) is 17.1 Å². The van der Waals surface area contributed by atoms with Gasteiger partial charge in [0, 0.05) is 10.6 Å². The fraction of sp³-hybridized carbons (Fsp3) is 0.0588. The molecule has 5 heteroatoms. The predicted molar refractivity (Wildman–Crippen MR) is 88.6 cm³/mol. The van der Waals surface area contributed by atoms with Gasteiger partial charge < -0.3 is 4.74 Å². The van der Waals surface area contributed by atoms with Gasteiger partial charge in [0.15, 0.2) is 0 Å². The molecule has 2 aromatic carbocycles. The number of nitrogens with one attached hydrogen (secondary N) is 1. The number of halogens is 1. The predicted octanol–water partition coefficient (Wildman–Crippen LogP) is 3.67. The van der Waals surface area contributed by atoms with Gasteiger partial charge in [-0.25, -0.2) is 5.43 Å². The van der Waals surface area contributed by atoms with Crippen LogP contribution in [0.25, 0.3) is 0 Å². The highest BCUT2D eigenvalue weighted by Gasteiger charge is 2.03. The zero-order chi connectivity index (χ0) is 15.8. The van der Waals surface area contributed by atoms with Crippen molar-refractivity contribution in [3.63, 3.8) is 0 Å². The maximum absolute atomic E-state index is 11.9. The molecule has 0 aromatic heterocycles. The minimum atomic E-state index is -0.299. The third-order valence-electron chi connectivity index (χ3n) is 2.71. The van der Waals surface area contributed by atoms with E-state index in [4.69, 9.17) is 16.3 Å². The van der Waals surface area contributed by atoms with Gasteiger partial charge in [0.1, 0.15) is 12.4 Å². The van der Waals surface area contributed by atoms with Crippen LogP contribution in [0.4, 0.5) is 0 Å². The van der Waals surface area contributed by atoms with Crippen LogP contribution in [0, 0.1) is 0 Å². The summed E-state index contributed by atoms with van der Waals surface area (Å²) in [4.78, 5) is 11.9. The van der Waals surface area contributed by atoms with Gasteiger partial charge in [0.25, 0.3) is 5.91 Å². The Bertz CT molecular complexity index is 681. The van der Waals surface area contributed by atoms with Crippen molar-refractivity contribution in [2.45, 2.75) is 0 Å². The van der Waals surface area contributed by atoms with Gasteiger partial charge in [-0.2, -0.15) is 5.10 Å². The smallest absolute Gasteiger partial charge is 0.271 e. The molecule has 22 heavy (non-hydrogen) atoms. The first-order valence-corrected chi connectivity index (χ1v) is 6.99. The van der Waals surface area contributed by atoms with Crippen LogP contribution < -0.4 is 10.2 Å². The molecule has 2 aromatic rings. The highest BCUT2D eigenvalue weighted by molar-refractivity contribution is 6.30. The van der Waals surface area contributed by atoms with Gasteiger partial charge in [-0.05, 0) is 42.0 Å². The van der Waals surface area contributed by atoms with Crippen LogP contribution in [0.1, 0.15) is 15.9 Å². The molecule has 0 aliphatic carbocycles. The quantitative estimate of drug-likeness (QED) is 0.502. The largest absolute Gasteiger partial charge is 0.490 e. The second-order valence-electron chi connectivity index (χ2n) is 4.38. The van der Waals surface area contributed by atoms with E-state index in [0.717, 1.165) is 5.56 Å². The molecule has 0 saturated heterocycles. The van der Waals surface area contributed by atoms with Crippen molar-refractivity contribution in [3.8, 4) is 5.75 Å². The van der Waals surface area contributed by atoms with Crippen molar-refractivity contribution in [1.82, 2.24) is 5.43 Å². The average molecular weight is 315 g/mol. The van der Waals surface area contributed by atoms with Crippen LogP contribution >= 0.6 is 11.6 Å². The van der Waals surface area contributed by atoms with Crippen LogP contribution in [-0.4, -0.2) is 18.7 Å².